The van der Waals surface area contributed by atoms with Crippen LogP contribution in [0.5, 0.6) is 0 Å². The van der Waals surface area contributed by atoms with Crippen molar-refractivity contribution >= 4 is 5.91 Å². The lowest BCUT2D eigenvalue weighted by Crippen LogP contribution is -2.49. The lowest BCUT2D eigenvalue weighted by Gasteiger charge is -2.34. The molecule has 2 aliphatic rings. The van der Waals surface area contributed by atoms with E-state index in [9.17, 15) is 4.79 Å². The van der Waals surface area contributed by atoms with E-state index in [1.54, 1.807) is 0 Å². The van der Waals surface area contributed by atoms with Crippen LogP contribution in [0.25, 0.3) is 0 Å². The van der Waals surface area contributed by atoms with Crippen molar-refractivity contribution in [3.05, 3.63) is 52.9 Å². The van der Waals surface area contributed by atoms with Gasteiger partial charge in [-0.3, -0.25) is 14.6 Å². The lowest BCUT2D eigenvalue weighted by molar-refractivity contribution is -0.123. The first-order valence-electron chi connectivity index (χ1n) is 10.3. The average Bonchev–Trinajstić information content (AvgIpc) is 3.44. The predicted octanol–water partition coefficient (Wildman–Crippen LogP) is 2.68. The van der Waals surface area contributed by atoms with E-state index in [1.165, 1.54) is 24.0 Å². The Morgan fingerprint density at radius 3 is 2.43 bits per heavy atom. The summed E-state index contributed by atoms with van der Waals surface area (Å²) in [6.45, 7) is 9.01. The summed E-state index contributed by atoms with van der Waals surface area (Å²) in [6.07, 6.45) is 2.41. The highest BCUT2D eigenvalue weighted by molar-refractivity contribution is 5.78. The van der Waals surface area contributed by atoms with Crippen molar-refractivity contribution in [1.82, 2.24) is 20.3 Å². The zero-order valence-electron chi connectivity index (χ0n) is 16.9. The number of carbonyl (C=O) groups is 1. The molecule has 1 aliphatic heterocycles. The molecule has 2 aromatic rings. The second-order valence-corrected chi connectivity index (χ2v) is 8.27. The molecule has 1 unspecified atom stereocenters. The Bertz CT molecular complexity index is 789. The third-order valence-corrected chi connectivity index (χ3v) is 5.74. The number of piperazine rings is 1. The first-order valence-corrected chi connectivity index (χ1v) is 10.3. The van der Waals surface area contributed by atoms with Crippen LogP contribution in [0.1, 0.15) is 41.5 Å². The Morgan fingerprint density at radius 1 is 1.14 bits per heavy atom. The summed E-state index contributed by atoms with van der Waals surface area (Å²) >= 11 is 0. The molecule has 6 nitrogen and oxygen atoms in total. The molecule has 1 saturated carbocycles. The van der Waals surface area contributed by atoms with Gasteiger partial charge in [-0.25, -0.2) is 0 Å². The number of amides is 1. The lowest BCUT2D eigenvalue weighted by atomic mass is 10.0. The Balaban J connectivity index is 1.25. The van der Waals surface area contributed by atoms with Crippen LogP contribution in [0.15, 0.2) is 34.9 Å². The molecule has 28 heavy (non-hydrogen) atoms. The molecule has 4 rings (SSSR count). The number of carbonyl (C=O) groups excluding carboxylic acids is 1. The van der Waals surface area contributed by atoms with E-state index in [2.05, 4.69) is 51.5 Å². The van der Waals surface area contributed by atoms with Crippen LogP contribution in [-0.2, 0) is 11.3 Å². The molecule has 0 bridgehead atoms. The van der Waals surface area contributed by atoms with Gasteiger partial charge in [0.1, 0.15) is 5.76 Å². The third-order valence-electron chi connectivity index (χ3n) is 5.74. The van der Waals surface area contributed by atoms with E-state index in [-0.39, 0.29) is 11.9 Å². The normalized spacial score (nSPS) is 19.5. The van der Waals surface area contributed by atoms with Gasteiger partial charge in [0, 0.05) is 38.8 Å². The van der Waals surface area contributed by atoms with E-state index in [1.807, 2.05) is 13.0 Å². The molecule has 150 valence electrons. The molecule has 1 aromatic heterocycles. The van der Waals surface area contributed by atoms with Crippen molar-refractivity contribution in [1.29, 1.82) is 0 Å². The summed E-state index contributed by atoms with van der Waals surface area (Å²) in [5.41, 5.74) is 3.46. The fourth-order valence-corrected chi connectivity index (χ4v) is 3.93. The maximum atomic E-state index is 12.7. The maximum absolute atomic E-state index is 12.7. The summed E-state index contributed by atoms with van der Waals surface area (Å²) in [4.78, 5) is 17.3. The van der Waals surface area contributed by atoms with Crippen molar-refractivity contribution in [2.24, 2.45) is 5.92 Å². The van der Waals surface area contributed by atoms with Crippen LogP contribution in [0.3, 0.4) is 0 Å². The number of aromatic nitrogens is 1. The molecule has 1 N–H and O–H groups in total. The smallest absolute Gasteiger partial charge is 0.234 e. The van der Waals surface area contributed by atoms with Crippen LogP contribution < -0.4 is 5.32 Å². The predicted molar refractivity (Wildman–Crippen MR) is 108 cm³/mol. The highest BCUT2D eigenvalue weighted by Crippen LogP contribution is 2.41. The van der Waals surface area contributed by atoms with Gasteiger partial charge >= 0.3 is 0 Å². The van der Waals surface area contributed by atoms with Crippen LogP contribution >= 0.6 is 0 Å². The average molecular weight is 383 g/mol. The number of benzene rings is 1. The molecule has 2 fully saturated rings. The largest absolute Gasteiger partial charge is 0.361 e. The molecule has 1 aromatic carbocycles. The van der Waals surface area contributed by atoms with Crippen molar-refractivity contribution in [2.75, 3.05) is 32.7 Å². The summed E-state index contributed by atoms with van der Waals surface area (Å²) in [5.74, 6) is 1.58. The van der Waals surface area contributed by atoms with E-state index < -0.39 is 0 Å². The number of nitrogens with one attached hydrogen (secondary N) is 1. The van der Waals surface area contributed by atoms with Gasteiger partial charge in [-0.05, 0) is 38.2 Å². The number of aryl methyl sites for hydroxylation is 2. The Labute approximate surface area is 166 Å². The molecule has 1 atom stereocenters. The van der Waals surface area contributed by atoms with Crippen molar-refractivity contribution in [3.63, 3.8) is 0 Å². The second-order valence-electron chi connectivity index (χ2n) is 8.27. The summed E-state index contributed by atoms with van der Waals surface area (Å²) < 4.78 is 5.14. The highest BCUT2D eigenvalue weighted by Gasteiger charge is 2.33. The zero-order chi connectivity index (χ0) is 19.5. The maximum Gasteiger partial charge on any atom is 0.234 e. The van der Waals surface area contributed by atoms with Crippen molar-refractivity contribution < 1.29 is 9.32 Å². The SMILES string of the molecule is Cc1ccc(C(NC(=O)CN2CCN(Cc3cc(C)on3)CC2)C2CC2)cc1. The summed E-state index contributed by atoms with van der Waals surface area (Å²) in [6, 6.07) is 10.7. The van der Waals surface area contributed by atoms with Gasteiger partial charge in [0.05, 0.1) is 18.3 Å². The Morgan fingerprint density at radius 2 is 1.82 bits per heavy atom. The van der Waals surface area contributed by atoms with Crippen LogP contribution in [0, 0.1) is 19.8 Å². The number of hydrogen-bond acceptors (Lipinski definition) is 5. The Kier molecular flexibility index (Phi) is 5.78. The molecule has 2 heterocycles. The fraction of sp³-hybridized carbons (Fsp3) is 0.545. The van der Waals surface area contributed by atoms with Gasteiger partial charge in [-0.2, -0.15) is 0 Å². The van der Waals surface area contributed by atoms with Crippen LogP contribution in [0.4, 0.5) is 0 Å². The minimum atomic E-state index is 0.137. The van der Waals surface area contributed by atoms with Crippen molar-refractivity contribution in [3.8, 4) is 0 Å². The molecule has 0 radical (unpaired) electrons. The first-order chi connectivity index (χ1) is 13.6. The standard InChI is InChI=1S/C22H30N4O2/c1-16-3-5-18(6-4-16)22(19-7-8-19)23-21(27)15-26-11-9-25(10-12-26)14-20-13-17(2)28-24-20/h3-6,13,19,22H,7-12,14-15H2,1-2H3,(H,23,27). The minimum Gasteiger partial charge on any atom is -0.361 e. The van der Waals surface area contributed by atoms with Gasteiger partial charge in [0.2, 0.25) is 5.91 Å². The quantitative estimate of drug-likeness (QED) is 0.798. The van der Waals surface area contributed by atoms with Crippen LogP contribution in [-0.4, -0.2) is 53.6 Å². The van der Waals surface area contributed by atoms with Gasteiger partial charge in [0.15, 0.2) is 0 Å². The summed E-state index contributed by atoms with van der Waals surface area (Å²) in [7, 11) is 0. The third kappa shape index (κ3) is 5.00. The molecule has 1 saturated heterocycles. The summed E-state index contributed by atoms with van der Waals surface area (Å²) in [5, 5.41) is 7.37. The van der Waals surface area contributed by atoms with E-state index in [4.69, 9.17) is 4.52 Å². The number of hydrogen-bond donors (Lipinski definition) is 1. The van der Waals surface area contributed by atoms with E-state index in [0.29, 0.717) is 12.5 Å². The molecular weight excluding hydrogens is 352 g/mol. The topological polar surface area (TPSA) is 61.6 Å². The van der Waals surface area contributed by atoms with Gasteiger partial charge < -0.3 is 9.84 Å². The highest BCUT2D eigenvalue weighted by atomic mass is 16.5. The molecule has 1 aliphatic carbocycles. The Hall–Kier alpha value is -2.18. The number of rotatable bonds is 7. The number of nitrogens with zero attached hydrogens (tertiary/aromatic N) is 3. The van der Waals surface area contributed by atoms with Gasteiger partial charge in [-0.15, -0.1) is 0 Å². The van der Waals surface area contributed by atoms with E-state index >= 15 is 0 Å². The van der Waals surface area contributed by atoms with Crippen molar-refractivity contribution in [2.45, 2.75) is 39.3 Å². The zero-order valence-corrected chi connectivity index (χ0v) is 16.9. The minimum absolute atomic E-state index is 0.137. The first kappa shape index (κ1) is 19.2. The van der Waals surface area contributed by atoms with Gasteiger partial charge in [0.25, 0.3) is 0 Å². The molecule has 0 spiro atoms. The monoisotopic (exact) mass is 382 g/mol. The second kappa shape index (κ2) is 8.45. The molecular formula is C22H30N4O2. The molecule has 1 amide bonds. The molecule has 6 heteroatoms. The van der Waals surface area contributed by atoms with Crippen LogP contribution in [0.2, 0.25) is 0 Å². The fourth-order valence-electron chi connectivity index (χ4n) is 3.93. The van der Waals surface area contributed by atoms with E-state index in [0.717, 1.165) is 44.2 Å². The van der Waals surface area contributed by atoms with Gasteiger partial charge in [-0.1, -0.05) is 35.0 Å².